The van der Waals surface area contributed by atoms with Crippen molar-refractivity contribution in [2.75, 3.05) is 5.32 Å². The summed E-state index contributed by atoms with van der Waals surface area (Å²) in [5.74, 6) is 0.820. The number of nitrogens with one attached hydrogen (secondary N) is 1. The van der Waals surface area contributed by atoms with Gasteiger partial charge in [-0.3, -0.25) is 10.1 Å². The highest BCUT2D eigenvalue weighted by atomic mass is 32.1. The molecule has 0 aliphatic rings. The lowest BCUT2D eigenvalue weighted by atomic mass is 10.1. The van der Waals surface area contributed by atoms with E-state index in [1.54, 1.807) is 17.5 Å². The van der Waals surface area contributed by atoms with Crippen LogP contribution in [0.5, 0.6) is 0 Å². The van der Waals surface area contributed by atoms with E-state index in [2.05, 4.69) is 22.1 Å². The Kier molecular flexibility index (Phi) is 7.87. The molecule has 174 valence electrons. The van der Waals surface area contributed by atoms with E-state index in [1.165, 1.54) is 13.0 Å². The normalized spacial score (nSPS) is 11.0. The zero-order valence-corrected chi connectivity index (χ0v) is 19.0. The number of carboxylic acid groups (broad SMARTS) is 1. The van der Waals surface area contributed by atoms with E-state index < -0.39 is 34.9 Å². The summed E-state index contributed by atoms with van der Waals surface area (Å²) in [5, 5.41) is 13.0. The smallest absolute Gasteiger partial charge is 0.331 e. The first-order chi connectivity index (χ1) is 16.2. The van der Waals surface area contributed by atoms with Crippen molar-refractivity contribution in [2.45, 2.75) is 26.7 Å². The number of anilines is 1. The number of nitrogens with zero attached hydrogens (tertiary/aromatic N) is 1. The Bertz CT molecular complexity index is 1330. The van der Waals surface area contributed by atoms with Gasteiger partial charge in [-0.15, -0.1) is 11.3 Å². The van der Waals surface area contributed by atoms with Crippen molar-refractivity contribution in [3.8, 4) is 23.1 Å². The topological polar surface area (TPSA) is 79.3 Å². The van der Waals surface area contributed by atoms with Crippen LogP contribution in [0.4, 0.5) is 18.3 Å². The standard InChI is InChI=1S/C25H19F3N2O3S/c1-3-4-5-7-15-8-6-9-17(22(15)28)21-13-34-25(29-21)30-23(31)16-11-19(26)18(20(27)12-16)10-14(2)24(32)33/h6,8-13H,3-4H2,1-2H3,(H,32,33)(H,29,30,31)/b14-10+. The molecule has 0 unspecified atom stereocenters. The third kappa shape index (κ3) is 5.71. The summed E-state index contributed by atoms with van der Waals surface area (Å²) in [5.41, 5.74) is -0.427. The lowest BCUT2D eigenvalue weighted by Gasteiger charge is -2.06. The molecule has 3 rings (SSSR count). The van der Waals surface area contributed by atoms with Crippen molar-refractivity contribution in [3.63, 3.8) is 0 Å². The van der Waals surface area contributed by atoms with E-state index in [9.17, 15) is 22.8 Å². The minimum Gasteiger partial charge on any atom is -0.478 e. The first-order valence-corrected chi connectivity index (χ1v) is 11.0. The highest BCUT2D eigenvalue weighted by Crippen LogP contribution is 2.29. The second-order valence-electron chi connectivity index (χ2n) is 7.20. The summed E-state index contributed by atoms with van der Waals surface area (Å²) in [6.07, 6.45) is 2.35. The number of aromatic nitrogens is 1. The lowest BCUT2D eigenvalue weighted by Crippen LogP contribution is -2.13. The number of carboxylic acids is 1. The van der Waals surface area contributed by atoms with Gasteiger partial charge < -0.3 is 5.11 Å². The van der Waals surface area contributed by atoms with Crippen molar-refractivity contribution in [1.29, 1.82) is 0 Å². The van der Waals surface area contributed by atoms with Gasteiger partial charge in [-0.2, -0.15) is 0 Å². The van der Waals surface area contributed by atoms with Crippen LogP contribution in [0.1, 0.15) is 48.2 Å². The van der Waals surface area contributed by atoms with Crippen molar-refractivity contribution in [3.05, 3.63) is 75.4 Å². The lowest BCUT2D eigenvalue weighted by molar-refractivity contribution is -0.132. The van der Waals surface area contributed by atoms with Gasteiger partial charge in [-0.25, -0.2) is 22.9 Å². The number of amides is 1. The zero-order valence-electron chi connectivity index (χ0n) is 18.2. The molecule has 0 saturated carbocycles. The van der Waals surface area contributed by atoms with Crippen molar-refractivity contribution < 1.29 is 27.9 Å². The average molecular weight is 484 g/mol. The number of halogens is 3. The average Bonchev–Trinajstić information content (AvgIpc) is 3.25. The molecule has 34 heavy (non-hydrogen) atoms. The van der Waals surface area contributed by atoms with Crippen LogP contribution in [0.2, 0.25) is 0 Å². The van der Waals surface area contributed by atoms with Crippen LogP contribution in [0.15, 0.2) is 41.3 Å². The van der Waals surface area contributed by atoms with Gasteiger partial charge in [0.05, 0.1) is 11.3 Å². The third-order valence-corrected chi connectivity index (χ3v) is 5.39. The molecule has 0 aliphatic heterocycles. The van der Waals surface area contributed by atoms with E-state index >= 15 is 0 Å². The van der Waals surface area contributed by atoms with Crippen molar-refractivity contribution in [2.24, 2.45) is 0 Å². The number of unbranched alkanes of at least 4 members (excludes halogenated alkanes) is 1. The number of hydrogen-bond acceptors (Lipinski definition) is 4. The van der Waals surface area contributed by atoms with Crippen molar-refractivity contribution >= 4 is 34.4 Å². The molecule has 0 atom stereocenters. The largest absolute Gasteiger partial charge is 0.478 e. The van der Waals surface area contributed by atoms with Crippen LogP contribution in [0.25, 0.3) is 17.3 Å². The van der Waals surface area contributed by atoms with Gasteiger partial charge in [0.15, 0.2) is 5.13 Å². The molecule has 1 aromatic heterocycles. The molecule has 2 N–H and O–H groups in total. The number of carbonyl (C=O) groups is 2. The highest BCUT2D eigenvalue weighted by Gasteiger charge is 2.17. The maximum absolute atomic E-state index is 14.8. The van der Waals surface area contributed by atoms with Gasteiger partial charge in [-0.1, -0.05) is 24.8 Å². The summed E-state index contributed by atoms with van der Waals surface area (Å²) >= 11 is 1.02. The number of rotatable bonds is 6. The molecule has 5 nitrogen and oxygen atoms in total. The summed E-state index contributed by atoms with van der Waals surface area (Å²) in [6.45, 7) is 3.17. The Hall–Kier alpha value is -3.90. The predicted octanol–water partition coefficient (Wildman–Crippen LogP) is 6.12. The zero-order chi connectivity index (χ0) is 24.8. The highest BCUT2D eigenvalue weighted by molar-refractivity contribution is 7.14. The quantitative estimate of drug-likeness (QED) is 0.326. The van der Waals surface area contributed by atoms with E-state index in [0.717, 1.165) is 36.0 Å². The third-order valence-electron chi connectivity index (χ3n) is 4.64. The van der Waals surface area contributed by atoms with Crippen molar-refractivity contribution in [1.82, 2.24) is 4.98 Å². The van der Waals surface area contributed by atoms with Gasteiger partial charge in [0, 0.05) is 34.1 Å². The van der Waals surface area contributed by atoms with Crippen LogP contribution in [-0.4, -0.2) is 22.0 Å². The van der Waals surface area contributed by atoms with Gasteiger partial charge in [-0.05, 0) is 43.7 Å². The number of benzene rings is 2. The monoisotopic (exact) mass is 484 g/mol. The van der Waals surface area contributed by atoms with Gasteiger partial charge >= 0.3 is 5.97 Å². The second-order valence-corrected chi connectivity index (χ2v) is 8.06. The Balaban J connectivity index is 1.82. The molecular weight excluding hydrogens is 465 g/mol. The van der Waals surface area contributed by atoms with Crippen LogP contribution >= 0.6 is 11.3 Å². The van der Waals surface area contributed by atoms with Gasteiger partial charge in [0.2, 0.25) is 0 Å². The minimum absolute atomic E-state index is 0.105. The number of hydrogen-bond donors (Lipinski definition) is 2. The van der Waals surface area contributed by atoms with Crippen LogP contribution in [0.3, 0.4) is 0 Å². The fourth-order valence-electron chi connectivity index (χ4n) is 2.86. The van der Waals surface area contributed by atoms with Crippen LogP contribution in [0, 0.1) is 29.3 Å². The van der Waals surface area contributed by atoms with E-state index in [1.807, 2.05) is 6.92 Å². The molecule has 1 amide bonds. The fraction of sp³-hybridized carbons (Fsp3) is 0.160. The first-order valence-electron chi connectivity index (χ1n) is 10.2. The number of carbonyl (C=O) groups excluding carboxylic acids is 1. The predicted molar refractivity (Wildman–Crippen MR) is 125 cm³/mol. The van der Waals surface area contributed by atoms with E-state index in [4.69, 9.17) is 5.11 Å². The maximum Gasteiger partial charge on any atom is 0.331 e. The van der Waals surface area contributed by atoms with Gasteiger partial charge in [0.1, 0.15) is 17.5 Å². The molecule has 0 spiro atoms. The summed E-state index contributed by atoms with van der Waals surface area (Å²) in [7, 11) is 0. The SMILES string of the molecule is CCCC#Cc1cccc(-c2csc(NC(=O)c3cc(F)c(/C=C(\C)C(=O)O)c(F)c3)n2)c1F. The van der Waals surface area contributed by atoms with Gasteiger partial charge in [0.25, 0.3) is 5.91 Å². The second kappa shape index (κ2) is 10.8. The molecule has 2 aromatic carbocycles. The molecule has 0 radical (unpaired) electrons. The molecule has 1 heterocycles. The maximum atomic E-state index is 14.8. The molecule has 0 aliphatic carbocycles. The first kappa shape index (κ1) is 24.7. The Morgan fingerprint density at radius 1 is 1.21 bits per heavy atom. The minimum atomic E-state index is -1.32. The summed E-state index contributed by atoms with van der Waals surface area (Å²) in [4.78, 5) is 27.6. The molecular formula is C25H19F3N2O3S. The molecule has 0 fully saturated rings. The number of thiazole rings is 1. The van der Waals surface area contributed by atoms with E-state index in [0.29, 0.717) is 6.42 Å². The number of aliphatic carboxylic acids is 1. The van der Waals surface area contributed by atoms with Crippen LogP contribution < -0.4 is 5.32 Å². The molecule has 0 saturated heterocycles. The fourth-order valence-corrected chi connectivity index (χ4v) is 3.57. The summed E-state index contributed by atoms with van der Waals surface area (Å²) < 4.78 is 43.5. The Morgan fingerprint density at radius 2 is 1.91 bits per heavy atom. The molecule has 9 heteroatoms. The van der Waals surface area contributed by atoms with Crippen LogP contribution in [-0.2, 0) is 4.79 Å². The molecule has 3 aromatic rings. The van der Waals surface area contributed by atoms with E-state index in [-0.39, 0.29) is 33.1 Å². The Labute approximate surface area is 198 Å². The molecule has 0 bridgehead atoms. The Morgan fingerprint density at radius 3 is 2.56 bits per heavy atom. The summed E-state index contributed by atoms with van der Waals surface area (Å²) in [6, 6.07) is 6.35.